The molecule has 0 aliphatic carbocycles. The number of aliphatic hydroxyl groups excluding tert-OH is 1. The summed E-state index contributed by atoms with van der Waals surface area (Å²) in [4.78, 5) is 44.1. The quantitative estimate of drug-likeness (QED) is 0.351. The molecule has 5 atom stereocenters. The number of unbranched alkanes of at least 4 members (excludes halogenated alkanes) is 3. The van der Waals surface area contributed by atoms with Crippen LogP contribution in [0, 0.1) is 11.8 Å². The molecule has 2 saturated heterocycles. The van der Waals surface area contributed by atoms with E-state index < -0.39 is 35.6 Å². The number of carbonyl (C=O) groups is 3. The highest BCUT2D eigenvalue weighted by Gasteiger charge is 2.71. The molecule has 1 N–H and O–H groups in total. The molecule has 2 amide bonds. The van der Waals surface area contributed by atoms with Crippen LogP contribution in [0.1, 0.15) is 25.7 Å². The van der Waals surface area contributed by atoms with Gasteiger partial charge in [-0.3, -0.25) is 14.4 Å². The summed E-state index contributed by atoms with van der Waals surface area (Å²) in [5.74, 6) is -2.62. The molecule has 1 spiro atoms. The molecule has 1 unspecified atom stereocenters. The number of amides is 2. The highest BCUT2D eigenvalue weighted by atomic mass is 35.5. The van der Waals surface area contributed by atoms with Gasteiger partial charge in [-0.2, -0.15) is 0 Å². The summed E-state index contributed by atoms with van der Waals surface area (Å²) in [5, 5.41) is 9.63. The van der Waals surface area contributed by atoms with Crippen molar-refractivity contribution in [1.29, 1.82) is 0 Å². The summed E-state index contributed by atoms with van der Waals surface area (Å²) in [5.41, 5.74) is -0.581. The molecular formula is C26H29ClN2O6. The number of hydrogen-bond donors (Lipinski definition) is 1. The van der Waals surface area contributed by atoms with Crippen LogP contribution in [-0.2, 0) is 23.9 Å². The van der Waals surface area contributed by atoms with Gasteiger partial charge in [0.1, 0.15) is 24.2 Å². The first-order chi connectivity index (χ1) is 17.0. The van der Waals surface area contributed by atoms with E-state index in [0.717, 1.165) is 12.8 Å². The number of ether oxygens (including phenoxy) is 2. The monoisotopic (exact) mass is 500 g/mol. The summed E-state index contributed by atoms with van der Waals surface area (Å²) >= 11 is 6.06. The van der Waals surface area contributed by atoms with Crippen molar-refractivity contribution in [2.45, 2.75) is 43.4 Å². The number of cyclic esters (lactones) is 1. The maximum atomic E-state index is 14.1. The minimum absolute atomic E-state index is 0.127. The second-order valence-corrected chi connectivity index (χ2v) is 9.83. The van der Waals surface area contributed by atoms with E-state index in [1.165, 1.54) is 0 Å². The largest absolute Gasteiger partial charge is 0.461 e. The average molecular weight is 501 g/mol. The van der Waals surface area contributed by atoms with Crippen molar-refractivity contribution in [2.75, 3.05) is 31.2 Å². The van der Waals surface area contributed by atoms with E-state index in [0.29, 0.717) is 36.6 Å². The number of benzene rings is 1. The maximum Gasteiger partial charge on any atom is 0.313 e. The van der Waals surface area contributed by atoms with Gasteiger partial charge in [-0.15, -0.1) is 0 Å². The Morgan fingerprint density at radius 3 is 2.57 bits per heavy atom. The summed E-state index contributed by atoms with van der Waals surface area (Å²) in [6.07, 6.45) is 9.55. The topological polar surface area (TPSA) is 96.4 Å². The van der Waals surface area contributed by atoms with Gasteiger partial charge in [-0.1, -0.05) is 42.7 Å². The first kappa shape index (κ1) is 24.0. The maximum absolute atomic E-state index is 14.1. The molecule has 8 nitrogen and oxygen atoms in total. The molecule has 4 aliphatic rings. The number of carbonyl (C=O) groups excluding carboxylic acids is 3. The smallest absolute Gasteiger partial charge is 0.313 e. The van der Waals surface area contributed by atoms with E-state index in [1.54, 1.807) is 46.2 Å². The molecule has 4 heterocycles. The van der Waals surface area contributed by atoms with Gasteiger partial charge in [0.2, 0.25) is 5.91 Å². The molecule has 1 aromatic carbocycles. The molecule has 9 heteroatoms. The Hall–Kier alpha value is -2.68. The minimum atomic E-state index is -1.25. The molecule has 0 bridgehead atoms. The molecule has 35 heavy (non-hydrogen) atoms. The molecule has 1 aromatic rings. The number of halogens is 1. The van der Waals surface area contributed by atoms with Crippen molar-refractivity contribution in [1.82, 2.24) is 4.90 Å². The number of aliphatic hydroxyl groups is 1. The molecule has 4 aliphatic heterocycles. The second-order valence-electron chi connectivity index (χ2n) is 9.40. The van der Waals surface area contributed by atoms with Crippen LogP contribution in [0.3, 0.4) is 0 Å². The Balaban J connectivity index is 1.52. The van der Waals surface area contributed by atoms with Gasteiger partial charge < -0.3 is 24.4 Å². The van der Waals surface area contributed by atoms with E-state index in [9.17, 15) is 14.4 Å². The van der Waals surface area contributed by atoms with Gasteiger partial charge in [0.25, 0.3) is 5.91 Å². The Labute approximate surface area is 209 Å². The minimum Gasteiger partial charge on any atom is -0.461 e. The molecule has 0 aromatic heterocycles. The van der Waals surface area contributed by atoms with Crippen LogP contribution < -0.4 is 4.90 Å². The number of nitrogens with zero attached hydrogens (tertiary/aromatic N) is 2. The highest BCUT2D eigenvalue weighted by Crippen LogP contribution is 2.53. The number of fused-ring (bicyclic) bond motifs is 2. The molecular weight excluding hydrogens is 472 g/mol. The Bertz CT molecular complexity index is 1060. The van der Waals surface area contributed by atoms with Crippen molar-refractivity contribution in [3.05, 3.63) is 53.6 Å². The molecule has 2 fully saturated rings. The number of likely N-dealkylation sites (tertiary alicyclic amines) is 1. The highest BCUT2D eigenvalue weighted by molar-refractivity contribution is 6.30. The third kappa shape index (κ3) is 4.07. The lowest BCUT2D eigenvalue weighted by Crippen LogP contribution is -2.55. The Morgan fingerprint density at radius 2 is 1.80 bits per heavy atom. The second kappa shape index (κ2) is 9.76. The van der Waals surface area contributed by atoms with E-state index >= 15 is 0 Å². The molecule has 0 saturated carbocycles. The lowest BCUT2D eigenvalue weighted by molar-refractivity contribution is -0.152. The van der Waals surface area contributed by atoms with Gasteiger partial charge in [-0.25, -0.2) is 0 Å². The van der Waals surface area contributed by atoms with Crippen molar-refractivity contribution in [3.63, 3.8) is 0 Å². The summed E-state index contributed by atoms with van der Waals surface area (Å²) in [7, 11) is 0. The van der Waals surface area contributed by atoms with Crippen LogP contribution in [0.4, 0.5) is 5.69 Å². The number of rotatable bonds is 7. The van der Waals surface area contributed by atoms with Crippen LogP contribution >= 0.6 is 11.6 Å². The average Bonchev–Trinajstić information content (AvgIpc) is 3.14. The Kier molecular flexibility index (Phi) is 6.70. The van der Waals surface area contributed by atoms with Crippen LogP contribution in [-0.4, -0.2) is 71.8 Å². The summed E-state index contributed by atoms with van der Waals surface area (Å²) in [6.45, 7) is 0.943. The summed E-state index contributed by atoms with van der Waals surface area (Å²) in [6, 6.07) is 6.10. The zero-order valence-corrected chi connectivity index (χ0v) is 20.1. The zero-order valence-electron chi connectivity index (χ0n) is 19.3. The fourth-order valence-electron chi connectivity index (χ4n) is 5.81. The predicted octanol–water partition coefficient (Wildman–Crippen LogP) is 2.49. The van der Waals surface area contributed by atoms with Gasteiger partial charge >= 0.3 is 5.97 Å². The SMILES string of the molecule is O=C1OCC=C[C@H]2OC34C=CCN(c5ccc(Cl)cc5)C(=O)[C@H]3N(CCCCCCO)C(=O)[C@@H]4[C@@H]12. The van der Waals surface area contributed by atoms with Crippen LogP contribution in [0.5, 0.6) is 0 Å². The fourth-order valence-corrected chi connectivity index (χ4v) is 5.94. The van der Waals surface area contributed by atoms with Crippen LogP contribution in [0.15, 0.2) is 48.6 Å². The summed E-state index contributed by atoms with van der Waals surface area (Å²) < 4.78 is 11.8. The standard InChI is InChI=1S/C26H29ClN2O6/c27-17-8-10-18(11-9-17)28-14-6-12-26-21(20-19(35-26)7-5-16-34-25(20)33)23(31)29(22(26)24(28)32)13-3-1-2-4-15-30/h5-12,19-22,30H,1-4,13-16H2/t19-,20+,21+,22-,26?/m1/s1. The lowest BCUT2D eigenvalue weighted by Gasteiger charge is -2.35. The first-order valence-electron chi connectivity index (χ1n) is 12.1. The van der Waals surface area contributed by atoms with Gasteiger partial charge in [0.05, 0.1) is 12.0 Å². The van der Waals surface area contributed by atoms with E-state index in [-0.39, 0.29) is 25.0 Å². The van der Waals surface area contributed by atoms with Crippen LogP contribution in [0.25, 0.3) is 0 Å². The van der Waals surface area contributed by atoms with Crippen LogP contribution in [0.2, 0.25) is 5.02 Å². The van der Waals surface area contributed by atoms with E-state index in [1.807, 2.05) is 12.2 Å². The molecule has 5 rings (SSSR count). The van der Waals surface area contributed by atoms with Crippen molar-refractivity contribution in [2.24, 2.45) is 11.8 Å². The molecule has 186 valence electrons. The van der Waals surface area contributed by atoms with Gasteiger partial charge in [-0.05, 0) is 43.2 Å². The first-order valence-corrected chi connectivity index (χ1v) is 12.5. The number of esters is 1. The van der Waals surface area contributed by atoms with E-state index in [2.05, 4.69) is 0 Å². The normalized spacial score (nSPS) is 31.7. The van der Waals surface area contributed by atoms with E-state index in [4.69, 9.17) is 26.2 Å². The number of hydrogen-bond acceptors (Lipinski definition) is 6. The lowest BCUT2D eigenvalue weighted by atomic mass is 9.78. The molecule has 0 radical (unpaired) electrons. The zero-order chi connectivity index (χ0) is 24.6. The van der Waals surface area contributed by atoms with Gasteiger partial charge in [0.15, 0.2) is 0 Å². The van der Waals surface area contributed by atoms with Crippen molar-refractivity contribution in [3.8, 4) is 0 Å². The third-order valence-corrected chi connectivity index (χ3v) is 7.61. The third-order valence-electron chi connectivity index (χ3n) is 7.36. The van der Waals surface area contributed by atoms with Gasteiger partial charge in [0, 0.05) is 30.4 Å². The fraction of sp³-hybridized carbons (Fsp3) is 0.500. The predicted molar refractivity (Wildman–Crippen MR) is 129 cm³/mol. The van der Waals surface area contributed by atoms with Crippen molar-refractivity contribution >= 4 is 35.1 Å². The number of anilines is 1. The van der Waals surface area contributed by atoms with Crippen molar-refractivity contribution < 1.29 is 29.0 Å². The Morgan fingerprint density at radius 1 is 1.03 bits per heavy atom.